The van der Waals surface area contributed by atoms with Crippen molar-refractivity contribution in [3.05, 3.63) is 47.0 Å². The molecule has 0 radical (unpaired) electrons. The molecule has 0 aliphatic heterocycles. The monoisotopic (exact) mass is 334 g/mol. The molecule has 2 rings (SSSR count). The van der Waals surface area contributed by atoms with Crippen LogP contribution < -0.4 is 19.6 Å². The van der Waals surface area contributed by atoms with Crippen molar-refractivity contribution in [1.82, 2.24) is 0 Å². The average Bonchev–Trinajstić information content (AvgIpc) is 2.59. The smallest absolute Gasteiger partial charge is 0.203 e. The minimum atomic E-state index is 0.553. The van der Waals surface area contributed by atoms with Crippen LogP contribution in [-0.2, 0) is 0 Å². The van der Waals surface area contributed by atoms with Gasteiger partial charge in [0.15, 0.2) is 11.5 Å². The Balaban J connectivity index is 2.29. The Morgan fingerprint density at radius 2 is 1.52 bits per heavy atom. The molecular weight excluding hydrogens is 316 g/mol. The number of nitrogens with one attached hydrogen (secondary N) is 1. The van der Waals surface area contributed by atoms with Gasteiger partial charge in [0.05, 0.1) is 32.7 Å². The van der Waals surface area contributed by atoms with Gasteiger partial charge in [0.2, 0.25) is 5.75 Å². The van der Waals surface area contributed by atoms with Gasteiger partial charge in [0, 0.05) is 10.6 Å². The van der Waals surface area contributed by atoms with Crippen molar-refractivity contribution >= 4 is 23.0 Å². The summed E-state index contributed by atoms with van der Waals surface area (Å²) in [5.74, 6) is 1.72. The Morgan fingerprint density at radius 3 is 2.00 bits per heavy atom. The highest BCUT2D eigenvalue weighted by Gasteiger charge is 2.14. The first-order valence-electron chi connectivity index (χ1n) is 6.95. The van der Waals surface area contributed by atoms with Gasteiger partial charge in [0.1, 0.15) is 0 Å². The van der Waals surface area contributed by atoms with Crippen molar-refractivity contribution in [3.8, 4) is 17.2 Å². The van der Waals surface area contributed by atoms with Gasteiger partial charge in [-0.3, -0.25) is 5.43 Å². The Hall–Kier alpha value is -2.40. The van der Waals surface area contributed by atoms with Gasteiger partial charge in [-0.25, -0.2) is 0 Å². The van der Waals surface area contributed by atoms with Crippen LogP contribution >= 0.6 is 11.6 Å². The van der Waals surface area contributed by atoms with Gasteiger partial charge >= 0.3 is 0 Å². The highest BCUT2D eigenvalue weighted by atomic mass is 35.5. The minimum Gasteiger partial charge on any atom is -0.493 e. The maximum atomic E-state index is 5.86. The van der Waals surface area contributed by atoms with Gasteiger partial charge in [-0.15, -0.1) is 0 Å². The molecule has 0 unspecified atom stereocenters. The zero-order valence-corrected chi connectivity index (χ0v) is 14.3. The lowest BCUT2D eigenvalue weighted by Crippen LogP contribution is -2.03. The van der Waals surface area contributed by atoms with E-state index in [2.05, 4.69) is 10.5 Å². The Kier molecular flexibility index (Phi) is 5.71. The summed E-state index contributed by atoms with van der Waals surface area (Å²) < 4.78 is 16.0. The molecule has 0 heterocycles. The van der Waals surface area contributed by atoms with Crippen LogP contribution in [0.4, 0.5) is 5.69 Å². The number of methoxy groups -OCH3 is 3. The van der Waals surface area contributed by atoms with E-state index < -0.39 is 0 Å². The summed E-state index contributed by atoms with van der Waals surface area (Å²) in [6.07, 6.45) is 0. The van der Waals surface area contributed by atoms with Crippen molar-refractivity contribution in [2.45, 2.75) is 6.92 Å². The van der Waals surface area contributed by atoms with Crippen molar-refractivity contribution < 1.29 is 14.2 Å². The zero-order valence-electron chi connectivity index (χ0n) is 13.5. The fraction of sp³-hybridized carbons (Fsp3) is 0.235. The average molecular weight is 335 g/mol. The second-order valence-electron chi connectivity index (χ2n) is 4.73. The van der Waals surface area contributed by atoms with Crippen LogP contribution in [0.15, 0.2) is 41.5 Å². The number of hydrogen-bond acceptors (Lipinski definition) is 5. The number of nitrogens with zero attached hydrogens (tertiary/aromatic N) is 1. The predicted octanol–water partition coefficient (Wildman–Crippen LogP) is 4.20. The van der Waals surface area contributed by atoms with Gasteiger partial charge in [-0.2, -0.15) is 5.10 Å². The van der Waals surface area contributed by atoms with E-state index in [1.54, 1.807) is 33.5 Å². The molecular formula is C17H19ClN2O3. The molecule has 1 N–H and O–H groups in total. The number of anilines is 1. The van der Waals surface area contributed by atoms with Crippen molar-refractivity contribution in [2.75, 3.05) is 26.8 Å². The number of benzene rings is 2. The molecule has 2 aromatic carbocycles. The molecule has 5 nitrogen and oxygen atoms in total. The summed E-state index contributed by atoms with van der Waals surface area (Å²) >= 11 is 5.86. The zero-order chi connectivity index (χ0) is 16.8. The number of ether oxygens (including phenoxy) is 3. The molecule has 0 spiro atoms. The van der Waals surface area contributed by atoms with Crippen LogP contribution in [0.3, 0.4) is 0 Å². The number of halogens is 1. The highest BCUT2D eigenvalue weighted by Crippen LogP contribution is 2.38. The maximum absolute atomic E-state index is 5.86. The van der Waals surface area contributed by atoms with E-state index in [4.69, 9.17) is 25.8 Å². The number of hydrazone groups is 1. The summed E-state index contributed by atoms with van der Waals surface area (Å²) in [7, 11) is 4.74. The van der Waals surface area contributed by atoms with Crippen molar-refractivity contribution in [2.24, 2.45) is 5.10 Å². The highest BCUT2D eigenvalue weighted by molar-refractivity contribution is 6.30. The lowest BCUT2D eigenvalue weighted by molar-refractivity contribution is 0.324. The summed E-state index contributed by atoms with van der Waals surface area (Å²) in [6.45, 7) is 1.89. The molecule has 0 saturated heterocycles. The second-order valence-corrected chi connectivity index (χ2v) is 5.17. The van der Waals surface area contributed by atoms with Crippen LogP contribution in [0.5, 0.6) is 17.2 Å². The minimum absolute atomic E-state index is 0.553. The predicted molar refractivity (Wildman–Crippen MR) is 93.4 cm³/mol. The van der Waals surface area contributed by atoms with Crippen LogP contribution in [0, 0.1) is 0 Å². The molecule has 6 heteroatoms. The van der Waals surface area contributed by atoms with Gasteiger partial charge in [-0.05, 0) is 43.3 Å². The first-order chi connectivity index (χ1) is 11.1. The fourth-order valence-corrected chi connectivity index (χ4v) is 2.15. The molecule has 0 amide bonds. The third-order valence-corrected chi connectivity index (χ3v) is 3.53. The summed E-state index contributed by atoms with van der Waals surface area (Å²) in [6, 6.07) is 11.0. The molecule has 2 aromatic rings. The Labute approximate surface area is 140 Å². The molecule has 0 aliphatic carbocycles. The molecule has 0 atom stereocenters. The maximum Gasteiger partial charge on any atom is 0.203 e. The number of hydrogen-bond donors (Lipinski definition) is 1. The van der Waals surface area contributed by atoms with Crippen molar-refractivity contribution in [1.29, 1.82) is 0 Å². The summed E-state index contributed by atoms with van der Waals surface area (Å²) in [4.78, 5) is 0. The molecule has 0 bridgehead atoms. The molecule has 0 fully saturated rings. The normalized spacial score (nSPS) is 11.1. The molecule has 122 valence electrons. The van der Waals surface area contributed by atoms with Gasteiger partial charge in [-0.1, -0.05) is 11.6 Å². The second kappa shape index (κ2) is 7.74. The summed E-state index contributed by atoms with van der Waals surface area (Å²) in [5.41, 5.74) is 5.48. The van der Waals surface area contributed by atoms with Crippen LogP contribution in [0.2, 0.25) is 5.02 Å². The first kappa shape index (κ1) is 17.0. The van der Waals surface area contributed by atoms with E-state index >= 15 is 0 Å². The Morgan fingerprint density at radius 1 is 0.957 bits per heavy atom. The lowest BCUT2D eigenvalue weighted by Gasteiger charge is -2.14. The van der Waals surface area contributed by atoms with E-state index in [0.29, 0.717) is 22.3 Å². The first-order valence-corrected chi connectivity index (χ1v) is 7.33. The third kappa shape index (κ3) is 4.07. The van der Waals surface area contributed by atoms with Gasteiger partial charge in [0.25, 0.3) is 0 Å². The van der Waals surface area contributed by atoms with E-state index in [9.17, 15) is 0 Å². The van der Waals surface area contributed by atoms with Gasteiger partial charge < -0.3 is 14.2 Å². The molecule has 0 aliphatic rings. The molecule has 0 saturated carbocycles. The van der Waals surface area contributed by atoms with E-state index in [-0.39, 0.29) is 0 Å². The molecule has 23 heavy (non-hydrogen) atoms. The summed E-state index contributed by atoms with van der Waals surface area (Å²) in [5, 5.41) is 5.05. The number of rotatable bonds is 6. The van der Waals surface area contributed by atoms with Crippen LogP contribution in [-0.4, -0.2) is 27.0 Å². The van der Waals surface area contributed by atoms with Crippen molar-refractivity contribution in [3.63, 3.8) is 0 Å². The van der Waals surface area contributed by atoms with Crippen LogP contribution in [0.25, 0.3) is 0 Å². The SMILES string of the molecule is COc1cc(/C(C)=N/Nc2ccc(Cl)cc2)cc(OC)c1OC. The lowest BCUT2D eigenvalue weighted by atomic mass is 10.1. The third-order valence-electron chi connectivity index (χ3n) is 3.28. The quantitative estimate of drug-likeness (QED) is 0.635. The van der Waals surface area contributed by atoms with E-state index in [0.717, 1.165) is 17.0 Å². The largest absolute Gasteiger partial charge is 0.493 e. The fourth-order valence-electron chi connectivity index (χ4n) is 2.03. The van der Waals surface area contributed by atoms with Crippen LogP contribution in [0.1, 0.15) is 12.5 Å². The van der Waals surface area contributed by atoms with E-state index in [1.807, 2.05) is 31.2 Å². The standard InChI is InChI=1S/C17H19ClN2O3/c1-11(19-20-14-7-5-13(18)6-8-14)12-9-15(21-2)17(23-4)16(10-12)22-3/h5-10,20H,1-4H3/b19-11+. The topological polar surface area (TPSA) is 52.1 Å². The Bertz CT molecular complexity index is 674. The molecule has 0 aromatic heterocycles. The van der Waals surface area contributed by atoms with E-state index in [1.165, 1.54) is 0 Å².